The molecule has 2 N–H and O–H groups in total. The second-order valence-corrected chi connectivity index (χ2v) is 9.12. The Morgan fingerprint density at radius 3 is 2.52 bits per heavy atom. The fraction of sp³-hybridized carbons (Fsp3) is 0.130. The van der Waals surface area contributed by atoms with Crippen molar-refractivity contribution in [1.82, 2.24) is 9.55 Å². The number of rotatable bonds is 5. The lowest BCUT2D eigenvalue weighted by molar-refractivity contribution is 0.0703. The monoisotopic (exact) mass is 486 g/mol. The zero-order chi connectivity index (χ0) is 24.1. The molecule has 2 heterocycles. The van der Waals surface area contributed by atoms with Crippen LogP contribution in [0.15, 0.2) is 57.4 Å². The molecule has 0 spiro atoms. The van der Waals surface area contributed by atoms with Crippen molar-refractivity contribution in [3.8, 4) is 5.69 Å². The van der Waals surface area contributed by atoms with E-state index in [0.717, 1.165) is 11.3 Å². The van der Waals surface area contributed by atoms with Crippen LogP contribution in [0.25, 0.3) is 16.6 Å². The molecular weight excluding hydrogens is 471 g/mol. The fourth-order valence-electron chi connectivity index (χ4n) is 3.69. The van der Waals surface area contributed by atoms with Crippen molar-refractivity contribution in [2.24, 2.45) is 0 Å². The number of fused-ring (bicyclic) bond motifs is 1. The van der Waals surface area contributed by atoms with Gasteiger partial charge in [0.05, 0.1) is 27.0 Å². The minimum absolute atomic E-state index is 0.00528. The Labute approximate surface area is 194 Å². The number of nitrogens with one attached hydrogen (secondary N) is 1. The molecule has 0 aliphatic rings. The lowest BCUT2D eigenvalue weighted by Crippen LogP contribution is -2.34. The maximum absolute atomic E-state index is 14.4. The minimum atomic E-state index is -1.31. The lowest BCUT2D eigenvalue weighted by Gasteiger charge is -2.24. The van der Waals surface area contributed by atoms with E-state index in [2.05, 4.69) is 4.98 Å². The summed E-state index contributed by atoms with van der Waals surface area (Å²) < 4.78 is 15.1. The van der Waals surface area contributed by atoms with Crippen LogP contribution in [0.1, 0.15) is 39.4 Å². The molecule has 0 atom stereocenters. The summed E-state index contributed by atoms with van der Waals surface area (Å²) in [6.07, 6.45) is 0. The molecule has 2 aromatic carbocycles. The Morgan fingerprint density at radius 2 is 1.85 bits per heavy atom. The molecular formula is C23H16ClFN2O5S. The quantitative estimate of drug-likeness (QED) is 0.406. The smallest absolute Gasteiger partial charge is 0.346 e. The van der Waals surface area contributed by atoms with E-state index in [1.54, 1.807) is 19.9 Å². The van der Waals surface area contributed by atoms with Gasteiger partial charge in [0.25, 0.3) is 5.56 Å². The summed E-state index contributed by atoms with van der Waals surface area (Å²) in [7, 11) is 0. The summed E-state index contributed by atoms with van der Waals surface area (Å²) in [4.78, 5) is 52.9. The number of Topliss-reactive ketones (excluding diaryl/α,β-unsaturated/α-hetero) is 1. The highest BCUT2D eigenvalue weighted by Crippen LogP contribution is 2.31. The normalized spacial score (nSPS) is 11.6. The Morgan fingerprint density at radius 1 is 1.15 bits per heavy atom. The van der Waals surface area contributed by atoms with Crippen molar-refractivity contribution < 1.29 is 19.1 Å². The number of aromatic carboxylic acids is 1. The van der Waals surface area contributed by atoms with Gasteiger partial charge in [0, 0.05) is 16.5 Å². The Kier molecular flexibility index (Phi) is 5.55. The first-order valence-electron chi connectivity index (χ1n) is 9.63. The van der Waals surface area contributed by atoms with E-state index in [-0.39, 0.29) is 37.6 Å². The standard InChI is InChI=1S/C23H16ClFN2O5S/c1-23(2,12-5-3-4-6-14(12)25)19(28)11-7-8-13(24)16(9-11)27-20(29)17-15(26-22(27)32)10-33-18(17)21(30)31/h3-10H,1-2H3,(H,26,32)(H,30,31). The molecule has 4 aromatic rings. The van der Waals surface area contributed by atoms with Crippen LogP contribution in [0, 0.1) is 5.82 Å². The highest BCUT2D eigenvalue weighted by molar-refractivity contribution is 7.13. The van der Waals surface area contributed by atoms with Crippen LogP contribution in [0.5, 0.6) is 0 Å². The second kappa shape index (κ2) is 8.09. The molecule has 10 heteroatoms. The van der Waals surface area contributed by atoms with Gasteiger partial charge in [0.2, 0.25) is 0 Å². The summed E-state index contributed by atoms with van der Waals surface area (Å²) in [5, 5.41) is 10.6. The van der Waals surface area contributed by atoms with Crippen LogP contribution in [-0.4, -0.2) is 26.4 Å². The number of hydrogen-bond acceptors (Lipinski definition) is 5. The minimum Gasteiger partial charge on any atom is -0.477 e. The van der Waals surface area contributed by atoms with E-state index >= 15 is 0 Å². The molecule has 0 saturated heterocycles. The molecule has 0 aliphatic carbocycles. The number of aromatic amines is 1. The van der Waals surface area contributed by atoms with Crippen LogP contribution in [0.4, 0.5) is 4.39 Å². The first-order chi connectivity index (χ1) is 15.5. The summed E-state index contributed by atoms with van der Waals surface area (Å²) in [6.45, 7) is 3.13. The van der Waals surface area contributed by atoms with Crippen LogP contribution in [-0.2, 0) is 5.41 Å². The van der Waals surface area contributed by atoms with E-state index < -0.39 is 34.2 Å². The number of H-pyrrole nitrogens is 1. The predicted octanol–water partition coefficient (Wildman–Crippen LogP) is 4.39. The van der Waals surface area contributed by atoms with E-state index in [1.807, 2.05) is 0 Å². The molecule has 2 aromatic heterocycles. The molecule has 33 heavy (non-hydrogen) atoms. The third-order valence-corrected chi connectivity index (χ3v) is 6.70. The SMILES string of the molecule is CC(C)(C(=O)c1ccc(Cl)c(-n2c(=O)[nH]c3csc(C(=O)O)c3c2=O)c1)c1ccccc1F. The predicted molar refractivity (Wildman–Crippen MR) is 124 cm³/mol. The maximum atomic E-state index is 14.4. The highest BCUT2D eigenvalue weighted by Gasteiger charge is 2.33. The molecule has 0 saturated carbocycles. The molecule has 0 unspecified atom stereocenters. The van der Waals surface area contributed by atoms with Gasteiger partial charge in [-0.3, -0.25) is 9.59 Å². The van der Waals surface area contributed by atoms with Crippen LogP contribution < -0.4 is 11.2 Å². The number of ketones is 1. The Hall–Kier alpha value is -3.56. The van der Waals surface area contributed by atoms with Gasteiger partial charge < -0.3 is 10.1 Å². The molecule has 0 radical (unpaired) electrons. The van der Waals surface area contributed by atoms with Gasteiger partial charge in [-0.2, -0.15) is 0 Å². The average Bonchev–Trinajstić information content (AvgIpc) is 3.19. The van der Waals surface area contributed by atoms with Gasteiger partial charge >= 0.3 is 11.7 Å². The van der Waals surface area contributed by atoms with E-state index in [9.17, 15) is 28.7 Å². The lowest BCUT2D eigenvalue weighted by atomic mass is 9.77. The summed E-state index contributed by atoms with van der Waals surface area (Å²) in [5.41, 5.74) is -2.71. The molecule has 0 fully saturated rings. The van der Waals surface area contributed by atoms with Gasteiger partial charge in [-0.1, -0.05) is 29.8 Å². The Balaban J connectivity index is 1.91. The second-order valence-electron chi connectivity index (χ2n) is 7.83. The van der Waals surface area contributed by atoms with Crippen LogP contribution in [0.3, 0.4) is 0 Å². The third kappa shape index (κ3) is 3.69. The van der Waals surface area contributed by atoms with Crippen LogP contribution >= 0.6 is 22.9 Å². The maximum Gasteiger partial charge on any atom is 0.346 e. The van der Waals surface area contributed by atoms with Gasteiger partial charge in [0.15, 0.2) is 5.78 Å². The topological polar surface area (TPSA) is 109 Å². The first-order valence-corrected chi connectivity index (χ1v) is 10.9. The highest BCUT2D eigenvalue weighted by atomic mass is 35.5. The molecule has 7 nitrogen and oxygen atoms in total. The number of carboxylic acid groups (broad SMARTS) is 1. The van der Waals surface area contributed by atoms with Crippen molar-refractivity contribution in [3.05, 3.63) is 95.5 Å². The van der Waals surface area contributed by atoms with Crippen molar-refractivity contribution in [1.29, 1.82) is 0 Å². The number of carboxylic acids is 1. The number of hydrogen-bond donors (Lipinski definition) is 2. The third-order valence-electron chi connectivity index (χ3n) is 5.41. The summed E-state index contributed by atoms with van der Waals surface area (Å²) in [6, 6.07) is 9.94. The molecule has 0 bridgehead atoms. The molecule has 168 valence electrons. The van der Waals surface area contributed by atoms with E-state index in [4.69, 9.17) is 11.6 Å². The number of carbonyl (C=O) groups is 2. The van der Waals surface area contributed by atoms with Gasteiger partial charge in [0.1, 0.15) is 10.7 Å². The van der Waals surface area contributed by atoms with Gasteiger partial charge in [-0.05, 0) is 38.1 Å². The number of nitrogens with zero attached hydrogens (tertiary/aromatic N) is 1. The fourth-order valence-corrected chi connectivity index (χ4v) is 4.72. The van der Waals surface area contributed by atoms with Crippen molar-refractivity contribution in [3.63, 3.8) is 0 Å². The number of thiophene rings is 1. The van der Waals surface area contributed by atoms with E-state index in [0.29, 0.717) is 4.57 Å². The van der Waals surface area contributed by atoms with Gasteiger partial charge in [-0.25, -0.2) is 18.5 Å². The molecule has 4 rings (SSSR count). The van der Waals surface area contributed by atoms with Crippen molar-refractivity contribution in [2.75, 3.05) is 0 Å². The largest absolute Gasteiger partial charge is 0.477 e. The summed E-state index contributed by atoms with van der Waals surface area (Å²) in [5.74, 6) is -2.31. The number of aromatic nitrogens is 2. The number of halogens is 2. The first kappa shape index (κ1) is 22.6. The average molecular weight is 487 g/mol. The zero-order valence-electron chi connectivity index (χ0n) is 17.3. The summed E-state index contributed by atoms with van der Waals surface area (Å²) >= 11 is 7.07. The van der Waals surface area contributed by atoms with Crippen molar-refractivity contribution >= 4 is 45.6 Å². The van der Waals surface area contributed by atoms with Crippen molar-refractivity contribution in [2.45, 2.75) is 19.3 Å². The zero-order valence-corrected chi connectivity index (χ0v) is 18.9. The van der Waals surface area contributed by atoms with Crippen LogP contribution in [0.2, 0.25) is 5.02 Å². The molecule has 0 aliphatic heterocycles. The Bertz CT molecular complexity index is 1570. The number of benzene rings is 2. The van der Waals surface area contributed by atoms with Gasteiger partial charge in [-0.15, -0.1) is 11.3 Å². The molecule has 0 amide bonds. The van der Waals surface area contributed by atoms with E-state index in [1.165, 1.54) is 41.8 Å². The number of carbonyl (C=O) groups excluding carboxylic acids is 1.